The Bertz CT molecular complexity index is 1260. The van der Waals surface area contributed by atoms with Crippen LogP contribution in [0.5, 0.6) is 5.75 Å². The van der Waals surface area contributed by atoms with Gasteiger partial charge < -0.3 is 4.74 Å². The first-order valence-corrected chi connectivity index (χ1v) is 10.4. The first-order chi connectivity index (χ1) is 15.0. The molecule has 10 heteroatoms. The summed E-state index contributed by atoms with van der Waals surface area (Å²) in [4.78, 5) is 22.9. The van der Waals surface area contributed by atoms with E-state index in [9.17, 15) is 14.9 Å². The monoisotopic (exact) mass is 435 g/mol. The first-order valence-electron chi connectivity index (χ1n) is 9.41. The average Bonchev–Trinajstić information content (AvgIpc) is 3.20. The van der Waals surface area contributed by atoms with Crippen molar-refractivity contribution in [2.75, 3.05) is 12.4 Å². The van der Waals surface area contributed by atoms with E-state index >= 15 is 0 Å². The molecule has 0 radical (unpaired) electrons. The summed E-state index contributed by atoms with van der Waals surface area (Å²) in [5.74, 6) is 0.595. The lowest BCUT2D eigenvalue weighted by Gasteiger charge is -2.05. The first kappa shape index (κ1) is 20.5. The van der Waals surface area contributed by atoms with Crippen LogP contribution in [0.4, 0.5) is 5.69 Å². The van der Waals surface area contributed by atoms with Crippen molar-refractivity contribution in [3.63, 3.8) is 0 Å². The van der Waals surface area contributed by atoms with Gasteiger partial charge in [0, 0.05) is 23.3 Å². The molecule has 4 rings (SSSR count). The topological polar surface area (TPSA) is 113 Å². The van der Waals surface area contributed by atoms with Gasteiger partial charge in [0.1, 0.15) is 5.75 Å². The molecule has 2 aromatic heterocycles. The summed E-state index contributed by atoms with van der Waals surface area (Å²) in [5.41, 5.74) is 2.34. The van der Waals surface area contributed by atoms with Gasteiger partial charge in [0.25, 0.3) is 5.69 Å². The number of nitro groups is 1. The SMILES string of the molecule is CCOc1ccc(-c2ccc3nnc(SCC(=O)c4cccc([N+](=O)[O-])c4)n3n2)cc1. The molecule has 0 aliphatic heterocycles. The van der Waals surface area contributed by atoms with E-state index in [4.69, 9.17) is 4.74 Å². The van der Waals surface area contributed by atoms with Gasteiger partial charge in [-0.15, -0.1) is 10.2 Å². The fourth-order valence-electron chi connectivity index (χ4n) is 2.91. The molecule has 0 aliphatic rings. The Labute approximate surface area is 181 Å². The maximum absolute atomic E-state index is 12.5. The molecule has 156 valence electrons. The molecule has 0 saturated heterocycles. The van der Waals surface area contributed by atoms with Crippen LogP contribution in [-0.4, -0.2) is 42.9 Å². The highest BCUT2D eigenvalue weighted by Gasteiger charge is 2.15. The van der Waals surface area contributed by atoms with E-state index in [1.54, 1.807) is 16.6 Å². The third-order valence-electron chi connectivity index (χ3n) is 4.41. The second-order valence-electron chi connectivity index (χ2n) is 6.45. The fourth-order valence-corrected chi connectivity index (χ4v) is 3.69. The molecular weight excluding hydrogens is 418 g/mol. The van der Waals surface area contributed by atoms with Gasteiger partial charge in [-0.05, 0) is 43.3 Å². The number of hydrogen-bond donors (Lipinski definition) is 0. The highest BCUT2D eigenvalue weighted by atomic mass is 32.2. The van der Waals surface area contributed by atoms with Crippen molar-refractivity contribution < 1.29 is 14.5 Å². The van der Waals surface area contributed by atoms with Gasteiger partial charge in [-0.2, -0.15) is 9.61 Å². The third kappa shape index (κ3) is 4.53. The lowest BCUT2D eigenvalue weighted by molar-refractivity contribution is -0.384. The van der Waals surface area contributed by atoms with Crippen LogP contribution in [0.25, 0.3) is 16.9 Å². The average molecular weight is 435 g/mol. The molecule has 0 aliphatic carbocycles. The van der Waals surface area contributed by atoms with Crippen molar-refractivity contribution in [2.24, 2.45) is 0 Å². The number of aromatic nitrogens is 4. The maximum Gasteiger partial charge on any atom is 0.270 e. The third-order valence-corrected chi connectivity index (χ3v) is 5.33. The van der Waals surface area contributed by atoms with Crippen LogP contribution in [0.2, 0.25) is 0 Å². The normalized spacial score (nSPS) is 10.9. The zero-order chi connectivity index (χ0) is 21.8. The predicted molar refractivity (Wildman–Crippen MR) is 116 cm³/mol. The number of thioether (sulfide) groups is 1. The zero-order valence-electron chi connectivity index (χ0n) is 16.5. The molecular formula is C21H17N5O4S. The van der Waals surface area contributed by atoms with E-state index in [1.165, 1.54) is 30.0 Å². The Morgan fingerprint density at radius 1 is 1.13 bits per heavy atom. The standard InChI is InChI=1S/C21H17N5O4S/c1-2-30-17-8-6-14(7-9-17)18-10-11-20-22-23-21(25(20)24-18)31-13-19(27)15-4-3-5-16(12-15)26(28)29/h3-12H,2,13H2,1H3. The van der Waals surface area contributed by atoms with Gasteiger partial charge in [-0.25, -0.2) is 0 Å². The predicted octanol–water partition coefficient (Wildman–Crippen LogP) is 4.07. The minimum atomic E-state index is -0.525. The Kier molecular flexibility index (Phi) is 5.89. The van der Waals surface area contributed by atoms with Crippen molar-refractivity contribution in [2.45, 2.75) is 12.1 Å². The second kappa shape index (κ2) is 8.92. The molecule has 2 aromatic carbocycles. The number of non-ortho nitro benzene ring substituents is 1. The van der Waals surface area contributed by atoms with Crippen molar-refractivity contribution in [3.8, 4) is 17.0 Å². The van der Waals surface area contributed by atoms with Gasteiger partial charge in [0.2, 0.25) is 5.16 Å². The number of hydrogen-bond acceptors (Lipinski definition) is 8. The lowest BCUT2D eigenvalue weighted by Crippen LogP contribution is -2.04. The number of rotatable bonds is 8. The molecule has 0 N–H and O–H groups in total. The molecule has 0 fully saturated rings. The molecule has 0 unspecified atom stereocenters. The van der Waals surface area contributed by atoms with Crippen LogP contribution in [0.15, 0.2) is 65.8 Å². The van der Waals surface area contributed by atoms with Crippen LogP contribution < -0.4 is 4.74 Å². The summed E-state index contributed by atoms with van der Waals surface area (Å²) < 4.78 is 7.05. The van der Waals surface area contributed by atoms with Gasteiger partial charge in [0.05, 0.1) is 23.0 Å². The van der Waals surface area contributed by atoms with Gasteiger partial charge in [0.15, 0.2) is 11.4 Å². The summed E-state index contributed by atoms with van der Waals surface area (Å²) in [6, 6.07) is 16.9. The quantitative estimate of drug-likeness (QED) is 0.176. The van der Waals surface area contributed by atoms with E-state index in [0.717, 1.165) is 17.0 Å². The summed E-state index contributed by atoms with van der Waals surface area (Å²) in [5, 5.41) is 24.2. The molecule has 2 heterocycles. The van der Waals surface area contributed by atoms with Crippen LogP contribution in [0.3, 0.4) is 0 Å². The number of nitro benzene ring substituents is 1. The molecule has 0 spiro atoms. The number of nitrogens with zero attached hydrogens (tertiary/aromatic N) is 5. The molecule has 0 amide bonds. The second-order valence-corrected chi connectivity index (χ2v) is 7.39. The highest BCUT2D eigenvalue weighted by Crippen LogP contribution is 2.24. The number of benzene rings is 2. The lowest BCUT2D eigenvalue weighted by atomic mass is 10.1. The maximum atomic E-state index is 12.5. The number of carbonyl (C=O) groups excluding carboxylic acids is 1. The number of Topliss-reactive ketones (excluding diaryl/α,β-unsaturated/α-hetero) is 1. The molecule has 0 atom stereocenters. The molecule has 0 bridgehead atoms. The number of carbonyl (C=O) groups is 1. The van der Waals surface area contributed by atoms with Gasteiger partial charge >= 0.3 is 0 Å². The molecule has 9 nitrogen and oxygen atoms in total. The van der Waals surface area contributed by atoms with E-state index in [1.807, 2.05) is 37.3 Å². The van der Waals surface area contributed by atoms with Crippen molar-refractivity contribution in [1.82, 2.24) is 19.8 Å². The van der Waals surface area contributed by atoms with Crippen molar-refractivity contribution in [3.05, 3.63) is 76.3 Å². The highest BCUT2D eigenvalue weighted by molar-refractivity contribution is 7.99. The van der Waals surface area contributed by atoms with Crippen LogP contribution in [-0.2, 0) is 0 Å². The summed E-state index contributed by atoms with van der Waals surface area (Å²) in [7, 11) is 0. The fraction of sp³-hybridized carbons (Fsp3) is 0.143. The minimum absolute atomic E-state index is 0.0525. The van der Waals surface area contributed by atoms with E-state index in [-0.39, 0.29) is 22.8 Å². The summed E-state index contributed by atoms with van der Waals surface area (Å²) in [6.07, 6.45) is 0. The van der Waals surface area contributed by atoms with Crippen molar-refractivity contribution in [1.29, 1.82) is 0 Å². The van der Waals surface area contributed by atoms with Gasteiger partial charge in [-0.1, -0.05) is 23.9 Å². The molecule has 4 aromatic rings. The minimum Gasteiger partial charge on any atom is -0.494 e. The Morgan fingerprint density at radius 3 is 2.68 bits per heavy atom. The van der Waals surface area contributed by atoms with E-state index in [0.29, 0.717) is 17.4 Å². The van der Waals surface area contributed by atoms with Crippen molar-refractivity contribution >= 4 is 28.9 Å². The van der Waals surface area contributed by atoms with Gasteiger partial charge in [-0.3, -0.25) is 14.9 Å². The number of fused-ring (bicyclic) bond motifs is 1. The van der Waals surface area contributed by atoms with Crippen LogP contribution >= 0.6 is 11.8 Å². The van der Waals surface area contributed by atoms with Crippen LogP contribution in [0, 0.1) is 10.1 Å². The number of ether oxygens (including phenoxy) is 1. The largest absolute Gasteiger partial charge is 0.494 e. The Morgan fingerprint density at radius 2 is 1.94 bits per heavy atom. The Hall–Kier alpha value is -3.79. The molecule has 0 saturated carbocycles. The number of ketones is 1. The molecule has 31 heavy (non-hydrogen) atoms. The van der Waals surface area contributed by atoms with Crippen LogP contribution in [0.1, 0.15) is 17.3 Å². The smallest absolute Gasteiger partial charge is 0.270 e. The zero-order valence-corrected chi connectivity index (χ0v) is 17.3. The Balaban J connectivity index is 1.53. The van der Waals surface area contributed by atoms with E-state index in [2.05, 4.69) is 15.3 Å². The summed E-state index contributed by atoms with van der Waals surface area (Å²) in [6.45, 7) is 2.53. The summed E-state index contributed by atoms with van der Waals surface area (Å²) >= 11 is 1.17. The van der Waals surface area contributed by atoms with E-state index < -0.39 is 4.92 Å².